The Balaban J connectivity index is 2.33. The zero-order valence-corrected chi connectivity index (χ0v) is 13.1. The lowest BCUT2D eigenvalue weighted by Crippen LogP contribution is -2.40. The maximum absolute atomic E-state index is 12.2. The van der Waals surface area contributed by atoms with Crippen molar-refractivity contribution < 1.29 is 9.53 Å². The van der Waals surface area contributed by atoms with E-state index in [9.17, 15) is 4.79 Å². The molecule has 0 radical (unpaired) electrons. The van der Waals surface area contributed by atoms with Crippen LogP contribution in [-0.2, 0) is 0 Å². The molecule has 0 unspecified atom stereocenters. The molecule has 1 amide bonds. The second-order valence-corrected chi connectivity index (χ2v) is 5.99. The van der Waals surface area contributed by atoms with Crippen molar-refractivity contribution in [2.45, 2.75) is 33.2 Å². The molecule has 2 rings (SSSR count). The van der Waals surface area contributed by atoms with Gasteiger partial charge in [0.2, 0.25) is 0 Å². The molecule has 21 heavy (non-hydrogen) atoms. The van der Waals surface area contributed by atoms with E-state index in [1.165, 1.54) is 0 Å². The van der Waals surface area contributed by atoms with E-state index < -0.39 is 0 Å². The fourth-order valence-corrected chi connectivity index (χ4v) is 1.99. The van der Waals surface area contributed by atoms with Gasteiger partial charge in [-0.2, -0.15) is 5.10 Å². The number of hydrogen-bond donors (Lipinski definition) is 1. The molecule has 0 saturated heterocycles. The first-order chi connectivity index (χ1) is 9.80. The van der Waals surface area contributed by atoms with E-state index >= 15 is 0 Å². The fourth-order valence-electron chi connectivity index (χ4n) is 1.99. The van der Waals surface area contributed by atoms with Crippen LogP contribution in [0.4, 0.5) is 0 Å². The smallest absolute Gasteiger partial charge is 0.272 e. The summed E-state index contributed by atoms with van der Waals surface area (Å²) >= 11 is 0. The summed E-state index contributed by atoms with van der Waals surface area (Å²) in [6, 6.07) is 9.35. The monoisotopic (exact) mass is 287 g/mol. The van der Waals surface area contributed by atoms with E-state index in [0.29, 0.717) is 5.69 Å². The summed E-state index contributed by atoms with van der Waals surface area (Å²) in [5.74, 6) is 0.579. The zero-order valence-electron chi connectivity index (χ0n) is 13.1. The Morgan fingerprint density at radius 1 is 1.29 bits per heavy atom. The predicted octanol–water partition coefficient (Wildman–Crippen LogP) is 2.72. The van der Waals surface area contributed by atoms with E-state index in [0.717, 1.165) is 17.1 Å². The van der Waals surface area contributed by atoms with Gasteiger partial charge >= 0.3 is 0 Å². The molecule has 1 aromatic heterocycles. The second kappa shape index (κ2) is 5.60. The summed E-state index contributed by atoms with van der Waals surface area (Å²) in [5.41, 5.74) is 1.87. The molecule has 112 valence electrons. The Kier molecular flexibility index (Phi) is 4.02. The first-order valence-corrected chi connectivity index (χ1v) is 6.84. The van der Waals surface area contributed by atoms with Crippen LogP contribution in [0.3, 0.4) is 0 Å². The quantitative estimate of drug-likeness (QED) is 0.944. The lowest BCUT2D eigenvalue weighted by atomic mass is 10.1. The summed E-state index contributed by atoms with van der Waals surface area (Å²) in [6.45, 7) is 7.74. The minimum atomic E-state index is -0.287. The number of nitrogens with one attached hydrogen (secondary N) is 1. The molecule has 1 aromatic carbocycles. The van der Waals surface area contributed by atoms with Crippen LogP contribution in [0.1, 0.15) is 37.0 Å². The van der Waals surface area contributed by atoms with E-state index in [4.69, 9.17) is 4.74 Å². The molecule has 0 fully saturated rings. The van der Waals surface area contributed by atoms with Gasteiger partial charge in [0, 0.05) is 17.3 Å². The molecule has 5 nitrogen and oxygen atoms in total. The Morgan fingerprint density at radius 2 is 2.00 bits per heavy atom. The largest absolute Gasteiger partial charge is 0.497 e. The minimum absolute atomic E-state index is 0.174. The number of ether oxygens (including phenoxy) is 1. The van der Waals surface area contributed by atoms with Gasteiger partial charge in [0.05, 0.1) is 12.8 Å². The molecule has 0 bridgehead atoms. The van der Waals surface area contributed by atoms with Crippen molar-refractivity contribution in [3.05, 3.63) is 41.7 Å². The number of nitrogens with zero attached hydrogens (tertiary/aromatic N) is 2. The molecule has 2 aromatic rings. The molecule has 0 aliphatic heterocycles. The van der Waals surface area contributed by atoms with E-state index in [1.807, 2.05) is 52.0 Å². The Labute approximate surface area is 124 Å². The number of methoxy groups -OCH3 is 1. The van der Waals surface area contributed by atoms with Gasteiger partial charge in [-0.15, -0.1) is 0 Å². The van der Waals surface area contributed by atoms with Crippen LogP contribution in [0.5, 0.6) is 5.75 Å². The lowest BCUT2D eigenvalue weighted by molar-refractivity contribution is 0.0914. The van der Waals surface area contributed by atoms with Crippen molar-refractivity contribution in [2.75, 3.05) is 7.11 Å². The van der Waals surface area contributed by atoms with Crippen molar-refractivity contribution in [3.63, 3.8) is 0 Å². The average molecular weight is 287 g/mol. The number of aromatic nitrogens is 2. The highest BCUT2D eigenvalue weighted by Gasteiger charge is 2.18. The third-order valence-electron chi connectivity index (χ3n) is 2.91. The first-order valence-electron chi connectivity index (χ1n) is 6.84. The summed E-state index contributed by atoms with van der Waals surface area (Å²) in [7, 11) is 1.62. The number of rotatable bonds is 3. The van der Waals surface area contributed by atoms with Crippen molar-refractivity contribution >= 4 is 5.91 Å². The third-order valence-corrected chi connectivity index (χ3v) is 2.91. The molecule has 0 spiro atoms. The van der Waals surface area contributed by atoms with Crippen molar-refractivity contribution in [2.24, 2.45) is 0 Å². The number of carbonyl (C=O) groups is 1. The first kappa shape index (κ1) is 15.1. The molecule has 1 heterocycles. The van der Waals surface area contributed by atoms with Crippen LogP contribution in [0.15, 0.2) is 30.3 Å². The average Bonchev–Trinajstić information content (AvgIpc) is 2.79. The highest BCUT2D eigenvalue weighted by Crippen LogP contribution is 2.18. The van der Waals surface area contributed by atoms with E-state index in [-0.39, 0.29) is 11.4 Å². The number of carbonyl (C=O) groups excluding carboxylic acids is 1. The fraction of sp³-hybridized carbons (Fsp3) is 0.375. The maximum Gasteiger partial charge on any atom is 0.272 e. The topological polar surface area (TPSA) is 56.2 Å². The predicted molar refractivity (Wildman–Crippen MR) is 82.1 cm³/mol. The maximum atomic E-state index is 12.2. The van der Waals surface area contributed by atoms with Crippen LogP contribution in [0, 0.1) is 6.92 Å². The third kappa shape index (κ3) is 3.62. The Hall–Kier alpha value is -2.30. The van der Waals surface area contributed by atoms with Gasteiger partial charge in [0.15, 0.2) is 5.69 Å². The van der Waals surface area contributed by atoms with Crippen LogP contribution in [0.25, 0.3) is 5.69 Å². The van der Waals surface area contributed by atoms with Crippen LogP contribution in [-0.4, -0.2) is 28.3 Å². The standard InChI is InChI=1S/C16H21N3O2/c1-11-9-14(15(20)17-16(2,3)4)18-19(11)12-7-6-8-13(10-12)21-5/h6-10H,1-5H3,(H,17,20). The molecule has 5 heteroatoms. The summed E-state index contributed by atoms with van der Waals surface area (Å²) in [6.07, 6.45) is 0. The van der Waals surface area contributed by atoms with Crippen molar-refractivity contribution in [3.8, 4) is 11.4 Å². The molecule has 0 aliphatic carbocycles. The number of aryl methyl sites for hydroxylation is 1. The van der Waals surface area contributed by atoms with Gasteiger partial charge in [-0.1, -0.05) is 6.07 Å². The Morgan fingerprint density at radius 3 is 2.62 bits per heavy atom. The van der Waals surface area contributed by atoms with Gasteiger partial charge < -0.3 is 10.1 Å². The second-order valence-electron chi connectivity index (χ2n) is 5.99. The SMILES string of the molecule is COc1cccc(-n2nc(C(=O)NC(C)(C)C)cc2C)c1. The van der Waals surface area contributed by atoms with Gasteiger partial charge in [-0.3, -0.25) is 4.79 Å². The summed E-state index contributed by atoms with van der Waals surface area (Å²) in [4.78, 5) is 12.2. The van der Waals surface area contributed by atoms with Gasteiger partial charge in [0.1, 0.15) is 5.75 Å². The lowest BCUT2D eigenvalue weighted by Gasteiger charge is -2.19. The highest BCUT2D eigenvalue weighted by atomic mass is 16.5. The summed E-state index contributed by atoms with van der Waals surface area (Å²) < 4.78 is 6.95. The van der Waals surface area contributed by atoms with Crippen LogP contribution < -0.4 is 10.1 Å². The zero-order chi connectivity index (χ0) is 15.6. The van der Waals surface area contributed by atoms with E-state index in [2.05, 4.69) is 10.4 Å². The molecule has 0 aliphatic rings. The number of amides is 1. The number of hydrogen-bond acceptors (Lipinski definition) is 3. The summed E-state index contributed by atoms with van der Waals surface area (Å²) in [5, 5.41) is 7.30. The molecular weight excluding hydrogens is 266 g/mol. The molecule has 0 saturated carbocycles. The van der Waals surface area contributed by atoms with Crippen LogP contribution in [0.2, 0.25) is 0 Å². The number of benzene rings is 1. The highest BCUT2D eigenvalue weighted by molar-refractivity contribution is 5.92. The van der Waals surface area contributed by atoms with Gasteiger partial charge in [-0.05, 0) is 45.9 Å². The van der Waals surface area contributed by atoms with Crippen LogP contribution >= 0.6 is 0 Å². The van der Waals surface area contributed by atoms with E-state index in [1.54, 1.807) is 17.9 Å². The Bertz CT molecular complexity index is 654. The van der Waals surface area contributed by atoms with Gasteiger partial charge in [0.25, 0.3) is 5.91 Å². The van der Waals surface area contributed by atoms with Crippen molar-refractivity contribution in [1.29, 1.82) is 0 Å². The minimum Gasteiger partial charge on any atom is -0.497 e. The van der Waals surface area contributed by atoms with Crippen molar-refractivity contribution in [1.82, 2.24) is 15.1 Å². The molecule has 1 N–H and O–H groups in total. The molecule has 0 atom stereocenters. The van der Waals surface area contributed by atoms with Gasteiger partial charge in [-0.25, -0.2) is 4.68 Å². The normalized spacial score (nSPS) is 11.3. The molecular formula is C16H21N3O2.